The van der Waals surface area contributed by atoms with Crippen LogP contribution in [-0.2, 0) is 7.05 Å². The van der Waals surface area contributed by atoms with Gasteiger partial charge in [-0.3, -0.25) is 0 Å². The van der Waals surface area contributed by atoms with E-state index in [-0.39, 0.29) is 41.3 Å². The van der Waals surface area contributed by atoms with Gasteiger partial charge in [-0.25, -0.2) is 4.39 Å². The summed E-state index contributed by atoms with van der Waals surface area (Å²) in [4.78, 5) is 0. The first-order valence-electron chi connectivity index (χ1n) is 7.84. The van der Waals surface area contributed by atoms with Gasteiger partial charge >= 0.3 is 0 Å². The summed E-state index contributed by atoms with van der Waals surface area (Å²) in [5, 5.41) is 10.6. The number of nitriles is 1. The molecule has 0 aliphatic carbocycles. The van der Waals surface area contributed by atoms with Gasteiger partial charge in [-0.2, -0.15) is 9.83 Å². The number of aryl methyl sites for hydroxylation is 1. The third-order valence-corrected chi connectivity index (χ3v) is 4.51. The second-order valence-corrected chi connectivity index (χ2v) is 6.02. The molecule has 1 atom stereocenters. The lowest BCUT2D eigenvalue weighted by molar-refractivity contribution is -0.645. The van der Waals surface area contributed by atoms with Crippen molar-refractivity contribution in [3.8, 4) is 11.8 Å². The number of nitrogens with two attached hydrogens (primary N) is 1. The number of pyridine rings is 1. The zero-order chi connectivity index (χ0) is 17.6. The first-order valence-corrected chi connectivity index (χ1v) is 7.84. The van der Waals surface area contributed by atoms with E-state index < -0.39 is 5.92 Å². The van der Waals surface area contributed by atoms with Crippen molar-refractivity contribution < 1.29 is 37.7 Å². The van der Waals surface area contributed by atoms with Gasteiger partial charge in [0.25, 0.3) is 5.52 Å². The molecule has 0 amide bonds. The Labute approximate surface area is 167 Å². The van der Waals surface area contributed by atoms with Crippen LogP contribution in [0.2, 0.25) is 0 Å². The molecular formula is C20H15FIN3O. The summed E-state index contributed by atoms with van der Waals surface area (Å²) >= 11 is 0. The third kappa shape index (κ3) is 2.78. The molecule has 2 N–H and O–H groups in total. The Morgan fingerprint density at radius 1 is 1.19 bits per heavy atom. The summed E-state index contributed by atoms with van der Waals surface area (Å²) < 4.78 is 21.6. The molecule has 0 fully saturated rings. The summed E-state index contributed by atoms with van der Waals surface area (Å²) in [6.45, 7) is 0. The molecule has 2 aromatic carbocycles. The van der Waals surface area contributed by atoms with E-state index in [1.54, 1.807) is 12.1 Å². The highest BCUT2D eigenvalue weighted by molar-refractivity contribution is 5.84. The Morgan fingerprint density at radius 3 is 2.73 bits per heavy atom. The van der Waals surface area contributed by atoms with Gasteiger partial charge in [0.1, 0.15) is 24.5 Å². The largest absolute Gasteiger partial charge is 1.00 e. The van der Waals surface area contributed by atoms with Crippen LogP contribution < -0.4 is 39.0 Å². The van der Waals surface area contributed by atoms with Crippen LogP contribution in [0.1, 0.15) is 17.0 Å². The van der Waals surface area contributed by atoms with Gasteiger partial charge in [-0.05, 0) is 29.8 Å². The van der Waals surface area contributed by atoms with Gasteiger partial charge in [0.05, 0.1) is 11.3 Å². The number of nitrogens with zero attached hydrogens (tertiary/aromatic N) is 2. The molecule has 1 unspecified atom stereocenters. The van der Waals surface area contributed by atoms with E-state index in [2.05, 4.69) is 6.07 Å². The molecule has 0 radical (unpaired) electrons. The Bertz CT molecular complexity index is 1090. The molecule has 0 spiro atoms. The zero-order valence-corrected chi connectivity index (χ0v) is 16.1. The van der Waals surface area contributed by atoms with Crippen LogP contribution >= 0.6 is 0 Å². The van der Waals surface area contributed by atoms with E-state index in [4.69, 9.17) is 10.5 Å². The summed E-state index contributed by atoms with van der Waals surface area (Å²) in [6, 6.07) is 16.2. The molecule has 1 aliphatic rings. The molecule has 0 bridgehead atoms. The molecule has 2 heterocycles. The standard InChI is InChI=1S/C20H15FN3O.HI/c1-24-9-3-5-12-7-8-15-17(13-4-2-6-14(21)10-13)16(11-22)20(23)25-19(15)18(12)24;/h2-10,17H,23H2,1H3;1H/q+1;/p-1. The lowest BCUT2D eigenvalue weighted by Gasteiger charge is -2.26. The van der Waals surface area contributed by atoms with Crippen molar-refractivity contribution in [3.63, 3.8) is 0 Å². The van der Waals surface area contributed by atoms with Crippen molar-refractivity contribution in [1.82, 2.24) is 0 Å². The van der Waals surface area contributed by atoms with Crippen molar-refractivity contribution >= 4 is 10.9 Å². The smallest absolute Gasteiger partial charge is 0.255 e. The van der Waals surface area contributed by atoms with Crippen LogP contribution in [0.5, 0.6) is 5.75 Å². The minimum Gasteiger partial charge on any atom is -1.00 e. The lowest BCUT2D eigenvalue weighted by atomic mass is 9.83. The van der Waals surface area contributed by atoms with Crippen molar-refractivity contribution in [2.24, 2.45) is 12.8 Å². The Balaban J connectivity index is 0.00000196. The van der Waals surface area contributed by atoms with E-state index in [0.29, 0.717) is 11.3 Å². The van der Waals surface area contributed by atoms with Crippen LogP contribution in [0, 0.1) is 17.1 Å². The number of halogens is 2. The van der Waals surface area contributed by atoms with E-state index in [9.17, 15) is 9.65 Å². The Kier molecular flexibility index (Phi) is 4.83. The SMILES string of the molecule is C[n+]1cccc2ccc3c(c21)OC(N)=C(C#N)C3c1cccc(F)c1.[I-]. The molecule has 4 nitrogen and oxygen atoms in total. The zero-order valence-electron chi connectivity index (χ0n) is 13.9. The monoisotopic (exact) mass is 459 g/mol. The Hall–Kier alpha value is -2.66. The molecule has 0 saturated heterocycles. The fourth-order valence-electron chi connectivity index (χ4n) is 3.40. The van der Waals surface area contributed by atoms with Crippen LogP contribution in [0.4, 0.5) is 4.39 Å². The number of aromatic nitrogens is 1. The third-order valence-electron chi connectivity index (χ3n) is 4.51. The van der Waals surface area contributed by atoms with Crippen molar-refractivity contribution in [2.45, 2.75) is 5.92 Å². The minimum absolute atomic E-state index is 0. The molecular weight excluding hydrogens is 444 g/mol. The van der Waals surface area contributed by atoms with Gasteiger partial charge in [0, 0.05) is 11.6 Å². The highest BCUT2D eigenvalue weighted by atomic mass is 127. The molecule has 1 aliphatic heterocycles. The summed E-state index contributed by atoms with van der Waals surface area (Å²) in [6.07, 6.45) is 1.92. The second kappa shape index (κ2) is 6.92. The van der Waals surface area contributed by atoms with Crippen molar-refractivity contribution in [1.29, 1.82) is 5.26 Å². The van der Waals surface area contributed by atoms with Crippen LogP contribution in [0.3, 0.4) is 0 Å². The molecule has 0 saturated carbocycles. The second-order valence-electron chi connectivity index (χ2n) is 6.02. The van der Waals surface area contributed by atoms with Gasteiger partial charge in [0.15, 0.2) is 6.20 Å². The van der Waals surface area contributed by atoms with E-state index in [0.717, 1.165) is 16.5 Å². The normalized spacial score (nSPS) is 15.7. The highest BCUT2D eigenvalue weighted by Crippen LogP contribution is 2.44. The number of allylic oxidation sites excluding steroid dienone is 1. The van der Waals surface area contributed by atoms with Crippen LogP contribution in [-0.4, -0.2) is 0 Å². The minimum atomic E-state index is -0.464. The summed E-state index contributed by atoms with van der Waals surface area (Å²) in [5.74, 6) is -0.159. The molecule has 1 aromatic heterocycles. The average molecular weight is 459 g/mol. The number of ether oxygens (including phenoxy) is 1. The quantitative estimate of drug-likeness (QED) is 0.413. The molecule has 3 aromatic rings. The first-order chi connectivity index (χ1) is 12.1. The van der Waals surface area contributed by atoms with E-state index in [1.165, 1.54) is 12.1 Å². The fourth-order valence-corrected chi connectivity index (χ4v) is 3.40. The maximum atomic E-state index is 13.8. The summed E-state index contributed by atoms with van der Waals surface area (Å²) in [7, 11) is 1.92. The van der Waals surface area contributed by atoms with Crippen LogP contribution in [0.15, 0.2) is 66.2 Å². The van der Waals surface area contributed by atoms with Gasteiger partial charge in [0.2, 0.25) is 11.6 Å². The molecule has 26 heavy (non-hydrogen) atoms. The first kappa shape index (κ1) is 18.1. The number of hydrogen-bond acceptors (Lipinski definition) is 3. The van der Waals surface area contributed by atoms with Gasteiger partial charge in [-0.15, -0.1) is 0 Å². The fraction of sp³-hybridized carbons (Fsp3) is 0.100. The maximum absolute atomic E-state index is 13.8. The summed E-state index contributed by atoms with van der Waals surface area (Å²) in [5.41, 5.74) is 8.67. The van der Waals surface area contributed by atoms with E-state index in [1.807, 2.05) is 42.1 Å². The Morgan fingerprint density at radius 2 is 2.00 bits per heavy atom. The van der Waals surface area contributed by atoms with Crippen molar-refractivity contribution in [2.75, 3.05) is 0 Å². The predicted molar refractivity (Wildman–Crippen MR) is 90.8 cm³/mol. The topological polar surface area (TPSA) is 62.9 Å². The average Bonchev–Trinajstić information content (AvgIpc) is 2.60. The number of benzene rings is 2. The lowest BCUT2D eigenvalue weighted by Crippen LogP contribution is -3.00. The predicted octanol–water partition coefficient (Wildman–Crippen LogP) is 0.0256. The van der Waals surface area contributed by atoms with Crippen LogP contribution in [0.25, 0.3) is 10.9 Å². The number of fused-ring (bicyclic) bond motifs is 3. The maximum Gasteiger partial charge on any atom is 0.255 e. The van der Waals surface area contributed by atoms with Gasteiger partial charge in [-0.1, -0.05) is 18.2 Å². The van der Waals surface area contributed by atoms with E-state index >= 15 is 0 Å². The molecule has 6 heteroatoms. The number of hydrogen-bond donors (Lipinski definition) is 1. The molecule has 130 valence electrons. The van der Waals surface area contributed by atoms with Crippen molar-refractivity contribution in [3.05, 3.63) is 83.1 Å². The molecule has 4 rings (SSSR count). The van der Waals surface area contributed by atoms with Gasteiger partial charge < -0.3 is 34.4 Å². The highest BCUT2D eigenvalue weighted by Gasteiger charge is 2.34. The number of rotatable bonds is 1.